The number of aryl methyl sites for hydroxylation is 1. The van der Waals surface area contributed by atoms with Gasteiger partial charge in [0.25, 0.3) is 0 Å². The lowest BCUT2D eigenvalue weighted by Crippen LogP contribution is -2.24. The molecule has 7 heteroatoms. The number of likely N-dealkylation sites (N-methyl/N-ethyl adjacent to an activating group) is 1. The van der Waals surface area contributed by atoms with Crippen LogP contribution in [-0.2, 0) is 4.79 Å². The van der Waals surface area contributed by atoms with Gasteiger partial charge in [0.15, 0.2) is 0 Å². The van der Waals surface area contributed by atoms with Crippen molar-refractivity contribution < 1.29 is 4.79 Å². The number of Topliss-reactive ketones (excluding diaryl/α,β-unsaturated/α-hetero) is 1. The molecule has 0 N–H and O–H groups in total. The molecule has 0 spiro atoms. The van der Waals surface area contributed by atoms with Gasteiger partial charge in [0.1, 0.15) is 17.3 Å². The number of carbonyl (C=O) groups is 1. The molecule has 6 nitrogen and oxygen atoms in total. The number of nitrogens with zero attached hydrogens (tertiary/aromatic N) is 5. The molecule has 39 heavy (non-hydrogen) atoms. The summed E-state index contributed by atoms with van der Waals surface area (Å²) >= 11 is 3.33. The molecule has 1 aromatic heterocycles. The van der Waals surface area contributed by atoms with Gasteiger partial charge in [0.2, 0.25) is 5.78 Å². The lowest BCUT2D eigenvalue weighted by molar-refractivity contribution is -0.113. The van der Waals surface area contributed by atoms with Crippen molar-refractivity contribution in [1.82, 2.24) is 15.0 Å². The number of rotatable bonds is 11. The number of allylic oxidation sites excluding steroid dienone is 1. The molecule has 0 amide bonds. The zero-order valence-electron chi connectivity index (χ0n) is 25.1. The van der Waals surface area contributed by atoms with Crippen LogP contribution in [0.3, 0.4) is 0 Å². The Balaban J connectivity index is 0.000000318. The van der Waals surface area contributed by atoms with Crippen molar-refractivity contribution in [3.05, 3.63) is 52.9 Å². The van der Waals surface area contributed by atoms with Gasteiger partial charge in [0.05, 0.1) is 5.52 Å². The van der Waals surface area contributed by atoms with Crippen molar-refractivity contribution in [3.8, 4) is 0 Å². The topological polar surface area (TPSA) is 61.7 Å². The summed E-state index contributed by atoms with van der Waals surface area (Å²) in [5.41, 5.74) is 3.20. The molecule has 0 atom stereocenters. The largest absolute Gasteiger partial charge is 0.362 e. The van der Waals surface area contributed by atoms with E-state index in [1.807, 2.05) is 71.0 Å². The van der Waals surface area contributed by atoms with Crippen LogP contribution in [0.15, 0.2) is 52.2 Å². The molecule has 0 radical (unpaired) electrons. The number of hydrazone groups is 1. The quantitative estimate of drug-likeness (QED) is 0.148. The van der Waals surface area contributed by atoms with Crippen LogP contribution >= 0.6 is 15.9 Å². The molecule has 0 unspecified atom stereocenters. The highest BCUT2D eigenvalue weighted by molar-refractivity contribution is 9.11. The SMILES string of the molecule is C=C(CCC1CCC(CCC)CC1)C(=O)/C(=C\Br)N(CC)N=C(C)C.Cc1nc(N(C)C)c2ccccc2n1. The minimum absolute atomic E-state index is 0.00314. The van der Waals surface area contributed by atoms with Gasteiger partial charge in [-0.3, -0.25) is 9.80 Å². The Kier molecular flexibility index (Phi) is 13.9. The van der Waals surface area contributed by atoms with E-state index < -0.39 is 0 Å². The molecule has 1 aliphatic rings. The fraction of sp³-hybridized carbons (Fsp3) is 0.562. The summed E-state index contributed by atoms with van der Waals surface area (Å²) in [6, 6.07) is 8.06. The van der Waals surface area contributed by atoms with E-state index in [4.69, 9.17) is 0 Å². The highest BCUT2D eigenvalue weighted by atomic mass is 79.9. The Morgan fingerprint density at radius 2 is 1.69 bits per heavy atom. The molecule has 1 aliphatic carbocycles. The van der Waals surface area contributed by atoms with Gasteiger partial charge in [-0.1, -0.05) is 80.1 Å². The summed E-state index contributed by atoms with van der Waals surface area (Å²) in [6.45, 7) is 14.8. The van der Waals surface area contributed by atoms with Gasteiger partial charge >= 0.3 is 0 Å². The van der Waals surface area contributed by atoms with Crippen molar-refractivity contribution >= 4 is 44.1 Å². The van der Waals surface area contributed by atoms with Crippen LogP contribution < -0.4 is 4.90 Å². The predicted octanol–water partition coefficient (Wildman–Crippen LogP) is 8.46. The second kappa shape index (κ2) is 16.5. The van der Waals surface area contributed by atoms with E-state index in [1.54, 1.807) is 9.99 Å². The fourth-order valence-corrected chi connectivity index (χ4v) is 5.61. The lowest BCUT2D eigenvalue weighted by Gasteiger charge is -2.28. The molecule has 1 heterocycles. The molecule has 1 saturated carbocycles. The van der Waals surface area contributed by atoms with Crippen LogP contribution in [0.4, 0.5) is 5.82 Å². The van der Waals surface area contributed by atoms with Crippen LogP contribution in [0.2, 0.25) is 0 Å². The Morgan fingerprint density at radius 3 is 2.23 bits per heavy atom. The van der Waals surface area contributed by atoms with Crippen LogP contribution in [0.5, 0.6) is 0 Å². The van der Waals surface area contributed by atoms with Gasteiger partial charge < -0.3 is 4.90 Å². The molecule has 214 valence electrons. The van der Waals surface area contributed by atoms with E-state index >= 15 is 0 Å². The first kappa shape index (κ1) is 32.7. The normalized spacial score (nSPS) is 17.2. The Labute approximate surface area is 244 Å². The van der Waals surface area contributed by atoms with Gasteiger partial charge in [-0.05, 0) is 70.1 Å². The van der Waals surface area contributed by atoms with Crippen molar-refractivity contribution in [2.24, 2.45) is 16.9 Å². The van der Waals surface area contributed by atoms with Crippen LogP contribution in [-0.4, -0.2) is 47.1 Å². The molecule has 1 fully saturated rings. The van der Waals surface area contributed by atoms with E-state index in [0.717, 1.165) is 52.9 Å². The van der Waals surface area contributed by atoms with Crippen LogP contribution in [0.1, 0.15) is 84.9 Å². The number of ketones is 1. The van der Waals surface area contributed by atoms with E-state index in [0.29, 0.717) is 17.8 Å². The molecule has 0 saturated heterocycles. The number of para-hydroxylation sites is 1. The third kappa shape index (κ3) is 10.2. The maximum atomic E-state index is 12.8. The van der Waals surface area contributed by atoms with E-state index in [9.17, 15) is 4.79 Å². The first-order chi connectivity index (χ1) is 18.6. The summed E-state index contributed by atoms with van der Waals surface area (Å²) in [5.74, 6) is 3.48. The van der Waals surface area contributed by atoms with Gasteiger partial charge in [-0.15, -0.1) is 0 Å². The minimum atomic E-state index is 0.00314. The third-order valence-corrected chi connectivity index (χ3v) is 7.63. The lowest BCUT2D eigenvalue weighted by atomic mass is 9.78. The van der Waals surface area contributed by atoms with Gasteiger partial charge in [-0.2, -0.15) is 5.10 Å². The molecule has 1 aromatic carbocycles. The first-order valence-electron chi connectivity index (χ1n) is 14.3. The monoisotopic (exact) mass is 597 g/mol. The Morgan fingerprint density at radius 1 is 1.08 bits per heavy atom. The standard InChI is InChI=1S/C21H35BrN2O.C11H13N3/c1-6-8-18-11-13-19(14-12-18)10-9-17(5)21(25)20(15-22)24(7-2)23-16(3)4;1-8-12-10-7-5-4-6-9(10)11(13-8)14(2)3/h15,18-19H,5-14H2,1-4H3;4-7H,1-3H3/b20-15+;. The van der Waals surface area contributed by atoms with Crippen molar-refractivity contribution in [3.63, 3.8) is 0 Å². The van der Waals surface area contributed by atoms with Crippen molar-refractivity contribution in [2.75, 3.05) is 25.5 Å². The predicted molar refractivity (Wildman–Crippen MR) is 171 cm³/mol. The van der Waals surface area contributed by atoms with Crippen LogP contribution in [0.25, 0.3) is 10.9 Å². The second-order valence-corrected chi connectivity index (χ2v) is 11.4. The molecule has 3 rings (SSSR count). The highest BCUT2D eigenvalue weighted by Crippen LogP contribution is 2.34. The second-order valence-electron chi connectivity index (χ2n) is 10.9. The summed E-state index contributed by atoms with van der Waals surface area (Å²) in [4.78, 5) is 25.2. The summed E-state index contributed by atoms with van der Waals surface area (Å²) in [6.07, 6.45) is 9.90. The minimum Gasteiger partial charge on any atom is -0.362 e. The average molecular weight is 599 g/mol. The maximum Gasteiger partial charge on any atom is 0.206 e. The van der Waals surface area contributed by atoms with Gasteiger partial charge in [-0.25, -0.2) is 9.97 Å². The van der Waals surface area contributed by atoms with E-state index in [2.05, 4.69) is 44.5 Å². The Hall–Kier alpha value is -2.54. The summed E-state index contributed by atoms with van der Waals surface area (Å²) in [5, 5.41) is 7.28. The third-order valence-electron chi connectivity index (χ3n) is 7.19. The van der Waals surface area contributed by atoms with Gasteiger partial charge in [0, 0.05) is 36.7 Å². The number of anilines is 1. The van der Waals surface area contributed by atoms with Crippen molar-refractivity contribution in [2.45, 2.75) is 86.0 Å². The fourth-order valence-electron chi connectivity index (χ4n) is 5.16. The summed E-state index contributed by atoms with van der Waals surface area (Å²) in [7, 11) is 3.99. The van der Waals surface area contributed by atoms with Crippen LogP contribution in [0, 0.1) is 18.8 Å². The zero-order chi connectivity index (χ0) is 28.9. The molecule has 0 aliphatic heterocycles. The number of aromatic nitrogens is 2. The number of fused-ring (bicyclic) bond motifs is 1. The van der Waals surface area contributed by atoms with E-state index in [-0.39, 0.29) is 5.78 Å². The molecular formula is C32H48BrN5O. The average Bonchev–Trinajstić information content (AvgIpc) is 2.91. The molecular weight excluding hydrogens is 550 g/mol. The van der Waals surface area contributed by atoms with E-state index in [1.165, 1.54) is 38.5 Å². The smallest absolute Gasteiger partial charge is 0.206 e. The molecule has 0 bridgehead atoms. The number of halogens is 1. The zero-order valence-corrected chi connectivity index (χ0v) is 26.7. The number of carbonyl (C=O) groups excluding carboxylic acids is 1. The highest BCUT2D eigenvalue weighted by Gasteiger charge is 2.23. The van der Waals surface area contributed by atoms with Crippen molar-refractivity contribution in [1.29, 1.82) is 0 Å². The number of hydrogen-bond acceptors (Lipinski definition) is 6. The summed E-state index contributed by atoms with van der Waals surface area (Å²) < 4.78 is 0. The molecule has 2 aromatic rings. The first-order valence-corrected chi connectivity index (χ1v) is 15.3. The number of benzene rings is 1. The maximum absolute atomic E-state index is 12.8. The Bertz CT molecular complexity index is 1140. The number of hydrogen-bond donors (Lipinski definition) is 0.